The van der Waals surface area contributed by atoms with Gasteiger partial charge in [0, 0.05) is 28.2 Å². The minimum absolute atomic E-state index is 0.212. The fourth-order valence-electron chi connectivity index (χ4n) is 3.52. The normalized spacial score (nSPS) is 14.8. The highest BCUT2D eigenvalue weighted by Gasteiger charge is 2.15. The second kappa shape index (κ2) is 8.08. The summed E-state index contributed by atoms with van der Waals surface area (Å²) in [5.41, 5.74) is 3.33. The van der Waals surface area contributed by atoms with E-state index in [1.807, 2.05) is 12.1 Å². The van der Waals surface area contributed by atoms with E-state index in [9.17, 15) is 9.90 Å². The number of piperidine rings is 1. The SMILES string of the molecule is O=C(O)c1ccccc1Nc1c(S)cnc2ccc(NC3CCNCC3)cc12. The van der Waals surface area contributed by atoms with Gasteiger partial charge in [-0.1, -0.05) is 12.1 Å². The number of hydrogen-bond donors (Lipinski definition) is 5. The number of carboxylic acids is 1. The smallest absolute Gasteiger partial charge is 0.337 e. The van der Waals surface area contributed by atoms with Crippen LogP contribution in [0.2, 0.25) is 0 Å². The Morgan fingerprint density at radius 1 is 1.18 bits per heavy atom. The summed E-state index contributed by atoms with van der Waals surface area (Å²) in [6, 6.07) is 13.3. The number of fused-ring (bicyclic) bond motifs is 1. The number of benzene rings is 2. The topological polar surface area (TPSA) is 86.3 Å². The molecule has 2 heterocycles. The van der Waals surface area contributed by atoms with Gasteiger partial charge in [0.15, 0.2) is 0 Å². The van der Waals surface area contributed by atoms with Crippen LogP contribution >= 0.6 is 12.6 Å². The van der Waals surface area contributed by atoms with Gasteiger partial charge in [0.1, 0.15) is 0 Å². The van der Waals surface area contributed by atoms with Crippen LogP contribution in [-0.4, -0.2) is 35.2 Å². The molecule has 1 fully saturated rings. The molecule has 0 radical (unpaired) electrons. The second-order valence-corrected chi connectivity index (χ2v) is 7.38. The second-order valence-electron chi connectivity index (χ2n) is 6.89. The lowest BCUT2D eigenvalue weighted by atomic mass is 10.1. The molecule has 4 N–H and O–H groups in total. The number of carboxylic acid groups (broad SMARTS) is 1. The molecule has 0 saturated carbocycles. The molecule has 1 aliphatic rings. The van der Waals surface area contributed by atoms with Crippen molar-refractivity contribution in [2.45, 2.75) is 23.8 Å². The van der Waals surface area contributed by atoms with Gasteiger partial charge in [-0.05, 0) is 56.3 Å². The zero-order valence-electron chi connectivity index (χ0n) is 15.3. The highest BCUT2D eigenvalue weighted by Crippen LogP contribution is 2.34. The molecule has 7 heteroatoms. The highest BCUT2D eigenvalue weighted by molar-refractivity contribution is 7.80. The van der Waals surface area contributed by atoms with Crippen molar-refractivity contribution < 1.29 is 9.90 Å². The van der Waals surface area contributed by atoms with Crippen LogP contribution in [0.1, 0.15) is 23.2 Å². The molecule has 4 rings (SSSR count). The van der Waals surface area contributed by atoms with Gasteiger partial charge < -0.3 is 21.1 Å². The molecule has 0 unspecified atom stereocenters. The lowest BCUT2D eigenvalue weighted by Crippen LogP contribution is -2.35. The van der Waals surface area contributed by atoms with Crippen molar-refractivity contribution in [2.24, 2.45) is 0 Å². The minimum atomic E-state index is -0.976. The van der Waals surface area contributed by atoms with Gasteiger partial charge in [-0.3, -0.25) is 4.98 Å². The fraction of sp³-hybridized carbons (Fsp3) is 0.238. The van der Waals surface area contributed by atoms with Gasteiger partial charge in [0.05, 0.1) is 22.5 Å². The first kappa shape index (κ1) is 18.6. The molecule has 0 aliphatic carbocycles. The number of aromatic nitrogens is 1. The minimum Gasteiger partial charge on any atom is -0.478 e. The van der Waals surface area contributed by atoms with E-state index in [0.29, 0.717) is 16.6 Å². The van der Waals surface area contributed by atoms with Crippen molar-refractivity contribution in [3.8, 4) is 0 Å². The third-order valence-electron chi connectivity index (χ3n) is 4.98. The average Bonchev–Trinajstić information content (AvgIpc) is 2.71. The number of nitrogens with one attached hydrogen (secondary N) is 3. The van der Waals surface area contributed by atoms with E-state index < -0.39 is 5.97 Å². The van der Waals surface area contributed by atoms with Crippen molar-refractivity contribution in [3.63, 3.8) is 0 Å². The third kappa shape index (κ3) is 3.90. The zero-order chi connectivity index (χ0) is 19.5. The lowest BCUT2D eigenvalue weighted by molar-refractivity contribution is 0.0698. The Morgan fingerprint density at radius 3 is 2.75 bits per heavy atom. The van der Waals surface area contributed by atoms with Gasteiger partial charge in [-0.15, -0.1) is 12.6 Å². The van der Waals surface area contributed by atoms with Gasteiger partial charge in [-0.2, -0.15) is 0 Å². The number of hydrogen-bond acceptors (Lipinski definition) is 6. The van der Waals surface area contributed by atoms with E-state index in [0.717, 1.165) is 48.2 Å². The molecule has 2 aromatic carbocycles. The van der Waals surface area contributed by atoms with Crippen molar-refractivity contribution in [1.29, 1.82) is 0 Å². The first-order valence-corrected chi connectivity index (χ1v) is 9.75. The molecule has 28 heavy (non-hydrogen) atoms. The van der Waals surface area contributed by atoms with E-state index >= 15 is 0 Å². The first-order valence-electron chi connectivity index (χ1n) is 9.30. The standard InChI is InChI=1S/C21H22N4O2S/c26-21(27)15-3-1-2-4-18(15)25-20-16-11-14(24-13-7-9-22-10-8-13)5-6-17(16)23-12-19(20)28/h1-6,11-13,22,24,28H,7-10H2,(H,23,25)(H,26,27). The zero-order valence-corrected chi connectivity index (χ0v) is 16.2. The fourth-order valence-corrected chi connectivity index (χ4v) is 3.75. The number of aromatic carboxylic acids is 1. The molecule has 0 spiro atoms. The van der Waals surface area contributed by atoms with Crippen molar-refractivity contribution in [1.82, 2.24) is 10.3 Å². The van der Waals surface area contributed by atoms with E-state index in [1.165, 1.54) is 0 Å². The van der Waals surface area contributed by atoms with E-state index in [2.05, 4.69) is 39.6 Å². The summed E-state index contributed by atoms with van der Waals surface area (Å²) in [6.07, 6.45) is 3.84. The maximum atomic E-state index is 11.5. The van der Waals surface area contributed by atoms with Crippen LogP contribution in [0.4, 0.5) is 17.1 Å². The first-order chi connectivity index (χ1) is 13.6. The van der Waals surface area contributed by atoms with Crippen LogP contribution in [0.25, 0.3) is 10.9 Å². The molecule has 144 valence electrons. The summed E-state index contributed by atoms with van der Waals surface area (Å²) < 4.78 is 0. The molecule has 0 atom stereocenters. The van der Waals surface area contributed by atoms with Crippen LogP contribution in [0.15, 0.2) is 53.6 Å². The highest BCUT2D eigenvalue weighted by atomic mass is 32.1. The summed E-state index contributed by atoms with van der Waals surface area (Å²) in [4.78, 5) is 16.7. The molecular formula is C21H22N4O2S. The van der Waals surface area contributed by atoms with Crippen LogP contribution in [0, 0.1) is 0 Å². The Hall–Kier alpha value is -2.77. The van der Waals surface area contributed by atoms with Crippen molar-refractivity contribution in [2.75, 3.05) is 23.7 Å². The quantitative estimate of drug-likeness (QED) is 0.419. The Kier molecular flexibility index (Phi) is 5.36. The van der Waals surface area contributed by atoms with Crippen molar-refractivity contribution in [3.05, 3.63) is 54.2 Å². The lowest BCUT2D eigenvalue weighted by Gasteiger charge is -2.25. The summed E-state index contributed by atoms with van der Waals surface area (Å²) >= 11 is 4.55. The number of thiol groups is 1. The number of para-hydroxylation sites is 1. The van der Waals surface area contributed by atoms with Gasteiger partial charge >= 0.3 is 5.97 Å². The molecule has 1 saturated heterocycles. The van der Waals surface area contributed by atoms with E-state index in [-0.39, 0.29) is 5.56 Å². The van der Waals surface area contributed by atoms with E-state index in [1.54, 1.807) is 30.5 Å². The van der Waals surface area contributed by atoms with Gasteiger partial charge in [-0.25, -0.2) is 4.79 Å². The molecule has 6 nitrogen and oxygen atoms in total. The third-order valence-corrected chi connectivity index (χ3v) is 5.31. The maximum absolute atomic E-state index is 11.5. The Balaban J connectivity index is 1.71. The van der Waals surface area contributed by atoms with Crippen LogP contribution in [-0.2, 0) is 0 Å². The van der Waals surface area contributed by atoms with Gasteiger partial charge in [0.25, 0.3) is 0 Å². The number of anilines is 3. The molecule has 3 aromatic rings. The number of nitrogens with zero attached hydrogens (tertiary/aromatic N) is 1. The summed E-state index contributed by atoms with van der Waals surface area (Å²) in [5, 5.41) is 20.6. The summed E-state index contributed by atoms with van der Waals surface area (Å²) in [5.74, 6) is -0.976. The largest absolute Gasteiger partial charge is 0.478 e. The Morgan fingerprint density at radius 2 is 1.96 bits per heavy atom. The van der Waals surface area contributed by atoms with Crippen LogP contribution in [0.5, 0.6) is 0 Å². The van der Waals surface area contributed by atoms with Crippen LogP contribution < -0.4 is 16.0 Å². The summed E-state index contributed by atoms with van der Waals surface area (Å²) in [7, 11) is 0. The van der Waals surface area contributed by atoms with Gasteiger partial charge in [0.2, 0.25) is 0 Å². The Labute approximate surface area is 168 Å². The predicted molar refractivity (Wildman–Crippen MR) is 115 cm³/mol. The van der Waals surface area contributed by atoms with Crippen LogP contribution in [0.3, 0.4) is 0 Å². The molecule has 1 aromatic heterocycles. The predicted octanol–water partition coefficient (Wildman–Crippen LogP) is 4.13. The van der Waals surface area contributed by atoms with E-state index in [4.69, 9.17) is 0 Å². The molecule has 1 aliphatic heterocycles. The monoisotopic (exact) mass is 394 g/mol. The summed E-state index contributed by atoms with van der Waals surface area (Å²) in [6.45, 7) is 2.04. The Bertz CT molecular complexity index is 1020. The van der Waals surface area contributed by atoms with Crippen molar-refractivity contribution >= 4 is 46.6 Å². The average molecular weight is 395 g/mol. The molecular weight excluding hydrogens is 372 g/mol. The maximum Gasteiger partial charge on any atom is 0.337 e. The number of rotatable bonds is 5. The number of pyridine rings is 1. The number of carbonyl (C=O) groups is 1. The molecule has 0 amide bonds. The molecule has 0 bridgehead atoms.